The van der Waals surface area contributed by atoms with E-state index in [0.29, 0.717) is 29.5 Å². The minimum Gasteiger partial charge on any atom is -0.367 e. The standard InChI is InChI=1S/C17H20FN5O/c1-12(2)17-20-16(21-24-17)11-22-5-7-23(8-6-22)15-4-3-13(10-19)9-14(15)18/h3-4,9,12H,5-8,11H2,1-2H3. The maximum absolute atomic E-state index is 14.1. The van der Waals surface area contributed by atoms with E-state index < -0.39 is 0 Å². The van der Waals surface area contributed by atoms with Crippen molar-refractivity contribution >= 4 is 5.69 Å². The molecule has 1 aromatic heterocycles. The maximum atomic E-state index is 14.1. The van der Waals surface area contributed by atoms with Crippen molar-refractivity contribution in [3.8, 4) is 6.07 Å². The summed E-state index contributed by atoms with van der Waals surface area (Å²) in [4.78, 5) is 8.62. The average Bonchev–Trinajstić information content (AvgIpc) is 3.04. The fourth-order valence-corrected chi connectivity index (χ4v) is 2.75. The van der Waals surface area contributed by atoms with Crippen molar-refractivity contribution in [2.45, 2.75) is 26.3 Å². The van der Waals surface area contributed by atoms with Gasteiger partial charge in [-0.25, -0.2) is 4.39 Å². The summed E-state index contributed by atoms with van der Waals surface area (Å²) in [6.07, 6.45) is 0. The molecule has 0 N–H and O–H groups in total. The van der Waals surface area contributed by atoms with Gasteiger partial charge in [0.1, 0.15) is 5.82 Å². The lowest BCUT2D eigenvalue weighted by Gasteiger charge is -2.35. The fourth-order valence-electron chi connectivity index (χ4n) is 2.75. The molecule has 0 unspecified atom stereocenters. The van der Waals surface area contributed by atoms with E-state index in [1.54, 1.807) is 12.1 Å². The van der Waals surface area contributed by atoms with E-state index >= 15 is 0 Å². The van der Waals surface area contributed by atoms with Crippen molar-refractivity contribution < 1.29 is 8.91 Å². The molecule has 6 nitrogen and oxygen atoms in total. The van der Waals surface area contributed by atoms with Crippen molar-refractivity contribution in [3.63, 3.8) is 0 Å². The molecule has 3 rings (SSSR count). The molecule has 0 atom stereocenters. The highest BCUT2D eigenvalue weighted by Gasteiger charge is 2.21. The fraction of sp³-hybridized carbons (Fsp3) is 0.471. The summed E-state index contributed by atoms with van der Waals surface area (Å²) >= 11 is 0. The van der Waals surface area contributed by atoms with Gasteiger partial charge in [0.2, 0.25) is 5.89 Å². The second-order valence-electron chi connectivity index (χ2n) is 6.24. The van der Waals surface area contributed by atoms with Gasteiger partial charge in [-0.1, -0.05) is 19.0 Å². The van der Waals surface area contributed by atoms with Crippen LogP contribution in [0.15, 0.2) is 22.7 Å². The quantitative estimate of drug-likeness (QED) is 0.858. The number of rotatable bonds is 4. The molecule has 24 heavy (non-hydrogen) atoms. The van der Waals surface area contributed by atoms with Gasteiger partial charge in [0.05, 0.1) is 23.9 Å². The molecule has 1 aliphatic rings. The Morgan fingerprint density at radius 1 is 1.29 bits per heavy atom. The van der Waals surface area contributed by atoms with E-state index in [1.165, 1.54) is 6.07 Å². The summed E-state index contributed by atoms with van der Waals surface area (Å²) in [5, 5.41) is 12.8. The lowest BCUT2D eigenvalue weighted by atomic mass is 10.2. The summed E-state index contributed by atoms with van der Waals surface area (Å²) in [5.74, 6) is 1.23. The Balaban J connectivity index is 1.58. The topological polar surface area (TPSA) is 69.2 Å². The number of halogens is 1. The zero-order valence-corrected chi connectivity index (χ0v) is 13.9. The van der Waals surface area contributed by atoms with E-state index in [1.807, 2.05) is 24.8 Å². The molecule has 0 amide bonds. The van der Waals surface area contributed by atoms with Crippen LogP contribution < -0.4 is 4.90 Å². The van der Waals surface area contributed by atoms with Gasteiger partial charge in [-0.3, -0.25) is 4.90 Å². The predicted molar refractivity (Wildman–Crippen MR) is 87.0 cm³/mol. The number of aromatic nitrogens is 2. The second kappa shape index (κ2) is 6.97. The van der Waals surface area contributed by atoms with Crippen LogP contribution in [0.2, 0.25) is 0 Å². The summed E-state index contributed by atoms with van der Waals surface area (Å²) in [6, 6.07) is 6.57. The van der Waals surface area contributed by atoms with Gasteiger partial charge >= 0.3 is 0 Å². The zero-order chi connectivity index (χ0) is 17.1. The van der Waals surface area contributed by atoms with Gasteiger partial charge < -0.3 is 9.42 Å². The van der Waals surface area contributed by atoms with Crippen LogP contribution in [0.25, 0.3) is 0 Å². The zero-order valence-electron chi connectivity index (χ0n) is 13.9. The smallest absolute Gasteiger partial charge is 0.229 e. The van der Waals surface area contributed by atoms with Crippen LogP contribution in [0.4, 0.5) is 10.1 Å². The highest BCUT2D eigenvalue weighted by atomic mass is 19.1. The average molecular weight is 329 g/mol. The third kappa shape index (κ3) is 3.54. The predicted octanol–water partition coefficient (Wildman–Crippen LogP) is 2.53. The molecule has 126 valence electrons. The van der Waals surface area contributed by atoms with Gasteiger partial charge in [-0.2, -0.15) is 10.2 Å². The van der Waals surface area contributed by atoms with Gasteiger partial charge in [-0.05, 0) is 18.2 Å². The highest BCUT2D eigenvalue weighted by molar-refractivity contribution is 5.51. The van der Waals surface area contributed by atoms with E-state index in [2.05, 4.69) is 15.0 Å². The van der Waals surface area contributed by atoms with E-state index in [-0.39, 0.29) is 11.7 Å². The van der Waals surface area contributed by atoms with Gasteiger partial charge in [-0.15, -0.1) is 0 Å². The molecule has 2 aromatic rings. The van der Waals surface area contributed by atoms with E-state index in [0.717, 1.165) is 26.2 Å². The number of nitriles is 1. The van der Waals surface area contributed by atoms with Gasteiger partial charge in [0, 0.05) is 32.1 Å². The minimum absolute atomic E-state index is 0.224. The van der Waals surface area contributed by atoms with Crippen molar-refractivity contribution in [1.29, 1.82) is 5.26 Å². The monoisotopic (exact) mass is 329 g/mol. The second-order valence-corrected chi connectivity index (χ2v) is 6.24. The van der Waals surface area contributed by atoms with E-state index in [4.69, 9.17) is 9.78 Å². The van der Waals surface area contributed by atoms with Crippen LogP contribution in [-0.4, -0.2) is 41.2 Å². The Morgan fingerprint density at radius 3 is 2.62 bits per heavy atom. The molecule has 7 heteroatoms. The Kier molecular flexibility index (Phi) is 4.76. The lowest BCUT2D eigenvalue weighted by Crippen LogP contribution is -2.46. The van der Waals surface area contributed by atoms with Crippen LogP contribution >= 0.6 is 0 Å². The molecular formula is C17H20FN5O. The molecular weight excluding hydrogens is 309 g/mol. The number of nitrogens with zero attached hydrogens (tertiary/aromatic N) is 5. The van der Waals surface area contributed by atoms with Crippen molar-refractivity contribution in [1.82, 2.24) is 15.0 Å². The molecule has 2 heterocycles. The van der Waals surface area contributed by atoms with Crippen molar-refractivity contribution in [2.24, 2.45) is 0 Å². The van der Waals surface area contributed by atoms with Crippen LogP contribution in [-0.2, 0) is 6.54 Å². The number of hydrogen-bond donors (Lipinski definition) is 0. The molecule has 0 aliphatic carbocycles. The Morgan fingerprint density at radius 2 is 2.04 bits per heavy atom. The van der Waals surface area contributed by atoms with E-state index in [9.17, 15) is 4.39 Å². The van der Waals surface area contributed by atoms with Crippen molar-refractivity contribution in [3.05, 3.63) is 41.3 Å². The highest BCUT2D eigenvalue weighted by Crippen LogP contribution is 2.22. The number of piperazine rings is 1. The van der Waals surface area contributed by atoms with Gasteiger partial charge in [0.25, 0.3) is 0 Å². The molecule has 1 saturated heterocycles. The summed E-state index contributed by atoms with van der Waals surface area (Å²) in [5.41, 5.74) is 0.892. The first-order valence-corrected chi connectivity index (χ1v) is 8.06. The molecule has 1 fully saturated rings. The SMILES string of the molecule is CC(C)c1nc(CN2CCN(c3ccc(C#N)cc3F)CC2)no1. The lowest BCUT2D eigenvalue weighted by molar-refractivity contribution is 0.239. The van der Waals surface area contributed by atoms with Crippen molar-refractivity contribution in [2.75, 3.05) is 31.1 Å². The number of benzene rings is 1. The third-order valence-corrected chi connectivity index (χ3v) is 4.13. The normalized spacial score (nSPS) is 15.7. The summed E-state index contributed by atoms with van der Waals surface area (Å²) in [6.45, 7) is 7.70. The number of hydrogen-bond acceptors (Lipinski definition) is 6. The Hall–Kier alpha value is -2.46. The Labute approximate surface area is 140 Å². The maximum Gasteiger partial charge on any atom is 0.229 e. The van der Waals surface area contributed by atoms with Crippen LogP contribution in [0.1, 0.15) is 37.0 Å². The van der Waals surface area contributed by atoms with Crippen LogP contribution in [0.3, 0.4) is 0 Å². The first kappa shape index (κ1) is 16.4. The summed E-state index contributed by atoms with van der Waals surface area (Å²) < 4.78 is 19.3. The van der Waals surface area contributed by atoms with Gasteiger partial charge in [0.15, 0.2) is 5.82 Å². The minimum atomic E-state index is -0.345. The van der Waals surface area contributed by atoms with Crippen LogP contribution in [0.5, 0.6) is 0 Å². The van der Waals surface area contributed by atoms with Crippen LogP contribution in [0, 0.1) is 17.1 Å². The largest absolute Gasteiger partial charge is 0.367 e. The summed E-state index contributed by atoms with van der Waals surface area (Å²) in [7, 11) is 0. The molecule has 1 aliphatic heterocycles. The molecule has 0 radical (unpaired) electrons. The number of anilines is 1. The molecule has 0 spiro atoms. The third-order valence-electron chi connectivity index (χ3n) is 4.13. The Bertz CT molecular complexity index is 744. The first-order chi connectivity index (χ1) is 11.6. The first-order valence-electron chi connectivity index (χ1n) is 8.06. The molecule has 0 saturated carbocycles. The molecule has 1 aromatic carbocycles. The molecule has 0 bridgehead atoms.